The molecule has 1 saturated heterocycles. The number of aromatic nitrogens is 2. The maximum atomic E-state index is 5.88. The van der Waals surface area contributed by atoms with E-state index >= 15 is 0 Å². The molecule has 4 nitrogen and oxygen atoms in total. The average Bonchev–Trinajstić information content (AvgIpc) is 3.01. The number of imidazole rings is 1. The standard InChI is InChI=1S/C20H23N3O/c1-2-6-17(7-3-1)24-15-12-20-22-18-8-4-5-9-19(18)23(20)16-10-13-21-14-11-16/h1-9,16,21H,10-15H2. The summed E-state index contributed by atoms with van der Waals surface area (Å²) in [6.45, 7) is 2.81. The lowest BCUT2D eigenvalue weighted by Crippen LogP contribution is -2.30. The highest BCUT2D eigenvalue weighted by Crippen LogP contribution is 2.27. The molecule has 0 atom stereocenters. The Bertz CT molecular complexity index is 791. The van der Waals surface area contributed by atoms with E-state index in [0.717, 1.165) is 49.4 Å². The van der Waals surface area contributed by atoms with Gasteiger partial charge in [0.25, 0.3) is 0 Å². The van der Waals surface area contributed by atoms with Crippen LogP contribution in [-0.4, -0.2) is 29.2 Å². The molecule has 0 unspecified atom stereocenters. The fourth-order valence-corrected chi connectivity index (χ4v) is 3.52. The maximum absolute atomic E-state index is 5.88. The molecule has 124 valence electrons. The summed E-state index contributed by atoms with van der Waals surface area (Å²) in [6, 6.07) is 19.0. The molecule has 0 bridgehead atoms. The van der Waals surface area contributed by atoms with Crippen LogP contribution in [0.1, 0.15) is 24.7 Å². The van der Waals surface area contributed by atoms with Crippen molar-refractivity contribution in [2.45, 2.75) is 25.3 Å². The molecule has 2 aromatic carbocycles. The Balaban J connectivity index is 1.57. The summed E-state index contributed by atoms with van der Waals surface area (Å²) in [5.41, 5.74) is 2.34. The third-order valence-electron chi connectivity index (χ3n) is 4.68. The summed E-state index contributed by atoms with van der Waals surface area (Å²) in [5, 5.41) is 3.45. The Hall–Kier alpha value is -2.33. The molecule has 1 aromatic heterocycles. The summed E-state index contributed by atoms with van der Waals surface area (Å²) < 4.78 is 8.33. The van der Waals surface area contributed by atoms with Gasteiger partial charge in [0.05, 0.1) is 17.6 Å². The fraction of sp³-hybridized carbons (Fsp3) is 0.350. The second kappa shape index (κ2) is 7.05. The first-order chi connectivity index (χ1) is 11.9. The molecule has 24 heavy (non-hydrogen) atoms. The van der Waals surface area contributed by atoms with E-state index in [0.29, 0.717) is 12.6 Å². The van der Waals surface area contributed by atoms with Crippen LogP contribution in [0.2, 0.25) is 0 Å². The minimum absolute atomic E-state index is 0.533. The zero-order chi connectivity index (χ0) is 16.2. The van der Waals surface area contributed by atoms with Gasteiger partial charge in [-0.05, 0) is 50.2 Å². The molecule has 1 fully saturated rings. The molecular weight excluding hydrogens is 298 g/mol. The second-order valence-corrected chi connectivity index (χ2v) is 6.28. The first kappa shape index (κ1) is 15.2. The number of hydrogen-bond donors (Lipinski definition) is 1. The van der Waals surface area contributed by atoms with E-state index in [1.807, 2.05) is 30.3 Å². The van der Waals surface area contributed by atoms with Crippen molar-refractivity contribution in [2.24, 2.45) is 0 Å². The summed E-state index contributed by atoms with van der Waals surface area (Å²) in [5.74, 6) is 2.06. The quantitative estimate of drug-likeness (QED) is 0.780. The van der Waals surface area contributed by atoms with Crippen LogP contribution < -0.4 is 10.1 Å². The number of nitrogens with one attached hydrogen (secondary N) is 1. The van der Waals surface area contributed by atoms with Gasteiger partial charge in [-0.3, -0.25) is 0 Å². The number of benzene rings is 2. The molecule has 0 amide bonds. The number of nitrogens with zero attached hydrogens (tertiary/aromatic N) is 2. The normalized spacial score (nSPS) is 15.7. The number of rotatable bonds is 5. The predicted octanol–water partition coefficient (Wildman–Crippen LogP) is 3.58. The van der Waals surface area contributed by atoms with Crippen LogP contribution in [-0.2, 0) is 6.42 Å². The van der Waals surface area contributed by atoms with Gasteiger partial charge in [-0.1, -0.05) is 30.3 Å². The van der Waals surface area contributed by atoms with Gasteiger partial charge in [-0.25, -0.2) is 4.98 Å². The smallest absolute Gasteiger partial charge is 0.119 e. The van der Waals surface area contributed by atoms with Crippen molar-refractivity contribution in [3.05, 3.63) is 60.4 Å². The van der Waals surface area contributed by atoms with E-state index in [4.69, 9.17) is 9.72 Å². The minimum Gasteiger partial charge on any atom is -0.493 e. The van der Waals surface area contributed by atoms with Gasteiger partial charge in [-0.15, -0.1) is 0 Å². The Morgan fingerprint density at radius 3 is 2.58 bits per heavy atom. The first-order valence-electron chi connectivity index (χ1n) is 8.76. The van der Waals surface area contributed by atoms with E-state index in [1.54, 1.807) is 0 Å². The van der Waals surface area contributed by atoms with Crippen molar-refractivity contribution in [3.8, 4) is 5.75 Å². The Morgan fingerprint density at radius 2 is 1.75 bits per heavy atom. The molecule has 0 saturated carbocycles. The van der Waals surface area contributed by atoms with Gasteiger partial charge in [0.2, 0.25) is 0 Å². The van der Waals surface area contributed by atoms with Crippen molar-refractivity contribution in [2.75, 3.05) is 19.7 Å². The van der Waals surface area contributed by atoms with E-state index in [-0.39, 0.29) is 0 Å². The molecular formula is C20H23N3O. The molecule has 0 radical (unpaired) electrons. The van der Waals surface area contributed by atoms with E-state index in [1.165, 1.54) is 5.52 Å². The van der Waals surface area contributed by atoms with E-state index in [9.17, 15) is 0 Å². The molecule has 4 heteroatoms. The fourth-order valence-electron chi connectivity index (χ4n) is 3.52. The van der Waals surface area contributed by atoms with Crippen molar-refractivity contribution < 1.29 is 4.74 Å². The summed E-state index contributed by atoms with van der Waals surface area (Å²) in [7, 11) is 0. The van der Waals surface area contributed by atoms with Gasteiger partial charge < -0.3 is 14.6 Å². The van der Waals surface area contributed by atoms with Crippen LogP contribution >= 0.6 is 0 Å². The van der Waals surface area contributed by atoms with Crippen molar-refractivity contribution in [1.82, 2.24) is 14.9 Å². The minimum atomic E-state index is 0.533. The van der Waals surface area contributed by atoms with Gasteiger partial charge in [-0.2, -0.15) is 0 Å². The highest BCUT2D eigenvalue weighted by atomic mass is 16.5. The molecule has 1 N–H and O–H groups in total. The van der Waals surface area contributed by atoms with Crippen LogP contribution in [0.25, 0.3) is 11.0 Å². The summed E-state index contributed by atoms with van der Waals surface area (Å²) in [6.07, 6.45) is 3.15. The average molecular weight is 321 g/mol. The van der Waals surface area contributed by atoms with E-state index < -0.39 is 0 Å². The van der Waals surface area contributed by atoms with Crippen LogP contribution in [0.3, 0.4) is 0 Å². The summed E-state index contributed by atoms with van der Waals surface area (Å²) >= 11 is 0. The number of para-hydroxylation sites is 3. The Labute approximate surface area is 142 Å². The van der Waals surface area contributed by atoms with Gasteiger partial charge in [0, 0.05) is 12.5 Å². The lowest BCUT2D eigenvalue weighted by Gasteiger charge is -2.26. The van der Waals surface area contributed by atoms with Crippen LogP contribution in [0.15, 0.2) is 54.6 Å². The van der Waals surface area contributed by atoms with Gasteiger partial charge in [0.15, 0.2) is 0 Å². The SMILES string of the molecule is c1ccc(OCCc2nc3ccccc3n2C2CCNCC2)cc1. The molecule has 1 aliphatic heterocycles. The van der Waals surface area contributed by atoms with Gasteiger partial charge in [0.1, 0.15) is 11.6 Å². The highest BCUT2D eigenvalue weighted by molar-refractivity contribution is 5.76. The molecule has 3 aromatic rings. The molecule has 4 rings (SSSR count). The monoisotopic (exact) mass is 321 g/mol. The zero-order valence-electron chi connectivity index (χ0n) is 13.8. The largest absolute Gasteiger partial charge is 0.493 e. The van der Waals surface area contributed by atoms with Crippen molar-refractivity contribution in [3.63, 3.8) is 0 Å². The predicted molar refractivity (Wildman–Crippen MR) is 96.5 cm³/mol. The molecule has 0 spiro atoms. The number of hydrogen-bond acceptors (Lipinski definition) is 3. The molecule has 2 heterocycles. The first-order valence-corrected chi connectivity index (χ1v) is 8.76. The maximum Gasteiger partial charge on any atom is 0.119 e. The third-order valence-corrected chi connectivity index (χ3v) is 4.68. The molecule has 1 aliphatic rings. The number of piperidine rings is 1. The topological polar surface area (TPSA) is 39.1 Å². The highest BCUT2D eigenvalue weighted by Gasteiger charge is 2.20. The number of ether oxygens (including phenoxy) is 1. The Kier molecular flexibility index (Phi) is 4.47. The lowest BCUT2D eigenvalue weighted by molar-refractivity contribution is 0.309. The third kappa shape index (κ3) is 3.15. The lowest BCUT2D eigenvalue weighted by atomic mass is 10.1. The van der Waals surface area contributed by atoms with Crippen LogP contribution in [0.5, 0.6) is 5.75 Å². The van der Waals surface area contributed by atoms with Crippen molar-refractivity contribution in [1.29, 1.82) is 0 Å². The molecule has 0 aliphatic carbocycles. The number of fused-ring (bicyclic) bond motifs is 1. The van der Waals surface area contributed by atoms with Crippen LogP contribution in [0, 0.1) is 0 Å². The van der Waals surface area contributed by atoms with Gasteiger partial charge >= 0.3 is 0 Å². The van der Waals surface area contributed by atoms with Crippen molar-refractivity contribution >= 4 is 11.0 Å². The zero-order valence-corrected chi connectivity index (χ0v) is 13.8. The van der Waals surface area contributed by atoms with Crippen LogP contribution in [0.4, 0.5) is 0 Å². The summed E-state index contributed by atoms with van der Waals surface area (Å²) in [4.78, 5) is 4.88. The van der Waals surface area contributed by atoms with E-state index in [2.05, 4.69) is 34.1 Å². The Morgan fingerprint density at radius 1 is 1.00 bits per heavy atom. The second-order valence-electron chi connectivity index (χ2n) is 6.28.